The van der Waals surface area contributed by atoms with Crippen LogP contribution in [-0.2, 0) is 16.0 Å². The zero-order valence-electron chi connectivity index (χ0n) is 10.3. The van der Waals surface area contributed by atoms with E-state index in [1.54, 1.807) is 13.0 Å². The van der Waals surface area contributed by atoms with Crippen molar-refractivity contribution in [2.45, 2.75) is 33.1 Å². The number of aryl methyl sites for hydroxylation is 2. The Morgan fingerprint density at radius 2 is 2.06 bits per heavy atom. The van der Waals surface area contributed by atoms with Gasteiger partial charge >= 0.3 is 0 Å². The number of hydrogen-bond acceptors (Lipinski definition) is 2. The van der Waals surface area contributed by atoms with Crippen LogP contribution < -0.4 is 5.32 Å². The van der Waals surface area contributed by atoms with Crippen LogP contribution in [-0.4, -0.2) is 11.1 Å². The lowest BCUT2D eigenvalue weighted by Crippen LogP contribution is -2.09. The highest BCUT2D eigenvalue weighted by molar-refractivity contribution is 6.63. The van der Waals surface area contributed by atoms with Gasteiger partial charge in [-0.25, -0.2) is 4.39 Å². The second kappa shape index (κ2) is 6.50. The van der Waals surface area contributed by atoms with Crippen molar-refractivity contribution in [1.29, 1.82) is 0 Å². The molecule has 0 aliphatic rings. The van der Waals surface area contributed by atoms with Crippen LogP contribution in [0.5, 0.6) is 0 Å². The highest BCUT2D eigenvalue weighted by atomic mass is 35.5. The third-order valence-electron chi connectivity index (χ3n) is 2.51. The molecule has 1 aromatic rings. The van der Waals surface area contributed by atoms with Gasteiger partial charge < -0.3 is 5.32 Å². The number of amides is 1. The van der Waals surface area contributed by atoms with Crippen molar-refractivity contribution >= 4 is 28.4 Å². The Balaban J connectivity index is 2.89. The number of carbonyl (C=O) groups excluding carboxylic acids is 2. The molecule has 1 aromatic carbocycles. The highest BCUT2D eigenvalue weighted by Crippen LogP contribution is 2.22. The molecular formula is C13H15ClFNO2. The first-order chi connectivity index (χ1) is 8.40. The van der Waals surface area contributed by atoms with E-state index in [9.17, 15) is 14.0 Å². The van der Waals surface area contributed by atoms with E-state index in [4.69, 9.17) is 11.6 Å². The van der Waals surface area contributed by atoms with Gasteiger partial charge in [0.1, 0.15) is 5.82 Å². The van der Waals surface area contributed by atoms with Gasteiger partial charge in [0.2, 0.25) is 11.1 Å². The van der Waals surface area contributed by atoms with Crippen LogP contribution in [0.3, 0.4) is 0 Å². The molecule has 0 aliphatic carbocycles. The quantitative estimate of drug-likeness (QED) is 0.836. The minimum atomic E-state index is -0.394. The van der Waals surface area contributed by atoms with Gasteiger partial charge in [0.05, 0.1) is 0 Å². The molecule has 0 aromatic heterocycles. The molecule has 0 heterocycles. The van der Waals surface area contributed by atoms with E-state index in [0.29, 0.717) is 24.1 Å². The lowest BCUT2D eigenvalue weighted by Gasteiger charge is -2.11. The lowest BCUT2D eigenvalue weighted by molar-refractivity contribution is -0.114. The van der Waals surface area contributed by atoms with Gasteiger partial charge in [0.15, 0.2) is 0 Å². The average Bonchev–Trinajstić information content (AvgIpc) is 2.23. The molecule has 18 heavy (non-hydrogen) atoms. The van der Waals surface area contributed by atoms with Crippen molar-refractivity contribution in [1.82, 2.24) is 0 Å². The number of halogens is 2. The van der Waals surface area contributed by atoms with E-state index >= 15 is 0 Å². The van der Waals surface area contributed by atoms with Crippen molar-refractivity contribution in [2.75, 3.05) is 5.32 Å². The van der Waals surface area contributed by atoms with Gasteiger partial charge in [0.25, 0.3) is 0 Å². The summed E-state index contributed by atoms with van der Waals surface area (Å²) in [5.41, 5.74) is 1.77. The molecule has 5 heteroatoms. The molecule has 1 rings (SSSR count). The summed E-state index contributed by atoms with van der Waals surface area (Å²) >= 11 is 5.26. The molecule has 1 N–H and O–H groups in total. The Kier molecular flexibility index (Phi) is 5.28. The van der Waals surface area contributed by atoms with Crippen LogP contribution in [0.15, 0.2) is 12.1 Å². The van der Waals surface area contributed by atoms with Crippen LogP contribution in [0.1, 0.15) is 30.9 Å². The van der Waals surface area contributed by atoms with Gasteiger partial charge in [0, 0.05) is 19.0 Å². The first-order valence-electron chi connectivity index (χ1n) is 5.65. The van der Waals surface area contributed by atoms with Crippen molar-refractivity contribution < 1.29 is 14.0 Å². The van der Waals surface area contributed by atoms with Crippen molar-refractivity contribution in [3.63, 3.8) is 0 Å². The molecule has 0 unspecified atom stereocenters. The van der Waals surface area contributed by atoms with Crippen LogP contribution in [0.25, 0.3) is 0 Å². The second-order valence-corrected chi connectivity index (χ2v) is 4.57. The Morgan fingerprint density at radius 1 is 1.39 bits per heavy atom. The standard InChI is InChI=1S/C13H15ClFNO2/c1-8-6-10(4-3-5-13(14)18)12(7-11(8)15)16-9(2)17/h6-7H,3-5H2,1-2H3,(H,16,17). The largest absolute Gasteiger partial charge is 0.326 e. The van der Waals surface area contributed by atoms with Crippen molar-refractivity contribution in [3.05, 3.63) is 29.1 Å². The maximum atomic E-state index is 13.4. The summed E-state index contributed by atoms with van der Waals surface area (Å²) in [6.07, 6.45) is 1.40. The van der Waals surface area contributed by atoms with Gasteiger partial charge in [-0.05, 0) is 48.6 Å². The van der Waals surface area contributed by atoms with Gasteiger partial charge in [-0.15, -0.1) is 0 Å². The molecule has 0 bridgehead atoms. The number of carbonyl (C=O) groups is 2. The third-order valence-corrected chi connectivity index (χ3v) is 2.70. The fraction of sp³-hybridized carbons (Fsp3) is 0.385. The molecule has 3 nitrogen and oxygen atoms in total. The van der Waals surface area contributed by atoms with E-state index in [0.717, 1.165) is 5.56 Å². The molecule has 1 amide bonds. The number of hydrogen-bond donors (Lipinski definition) is 1. The summed E-state index contributed by atoms with van der Waals surface area (Å²) in [7, 11) is 0. The summed E-state index contributed by atoms with van der Waals surface area (Å²) in [6, 6.07) is 2.98. The molecule has 0 aliphatic heterocycles. The maximum Gasteiger partial charge on any atom is 0.221 e. The first kappa shape index (κ1) is 14.6. The van der Waals surface area contributed by atoms with Crippen LogP contribution in [0.2, 0.25) is 0 Å². The Hall–Kier alpha value is -1.42. The predicted octanol–water partition coefficient (Wildman–Crippen LogP) is 3.18. The van der Waals surface area contributed by atoms with E-state index in [1.807, 2.05) is 0 Å². The smallest absolute Gasteiger partial charge is 0.221 e. The Morgan fingerprint density at radius 3 is 2.61 bits per heavy atom. The maximum absolute atomic E-state index is 13.4. The van der Waals surface area contributed by atoms with Crippen molar-refractivity contribution in [3.8, 4) is 0 Å². The Labute approximate surface area is 110 Å². The minimum absolute atomic E-state index is 0.257. The molecular weight excluding hydrogens is 257 g/mol. The van der Waals surface area contributed by atoms with Crippen LogP contribution in [0.4, 0.5) is 10.1 Å². The summed E-state index contributed by atoms with van der Waals surface area (Å²) in [5.74, 6) is -0.621. The number of anilines is 1. The van der Waals surface area contributed by atoms with Crippen molar-refractivity contribution in [2.24, 2.45) is 0 Å². The average molecular weight is 272 g/mol. The molecule has 98 valence electrons. The van der Waals surface area contributed by atoms with Gasteiger partial charge in [-0.1, -0.05) is 6.07 Å². The number of nitrogens with one attached hydrogen (secondary N) is 1. The fourth-order valence-corrected chi connectivity index (χ4v) is 1.81. The first-order valence-corrected chi connectivity index (χ1v) is 6.03. The topological polar surface area (TPSA) is 46.2 Å². The SMILES string of the molecule is CC(=O)Nc1cc(F)c(C)cc1CCCC(=O)Cl. The summed E-state index contributed by atoms with van der Waals surface area (Å²) in [6.45, 7) is 3.02. The number of benzene rings is 1. The predicted molar refractivity (Wildman–Crippen MR) is 69.2 cm³/mol. The number of rotatable bonds is 5. The summed E-state index contributed by atoms with van der Waals surface area (Å²) in [4.78, 5) is 21.7. The van der Waals surface area contributed by atoms with Gasteiger partial charge in [-0.3, -0.25) is 9.59 Å². The van der Waals surface area contributed by atoms with E-state index in [1.165, 1.54) is 13.0 Å². The summed E-state index contributed by atoms with van der Waals surface area (Å²) in [5, 5.41) is 2.19. The Bertz CT molecular complexity index is 474. The minimum Gasteiger partial charge on any atom is -0.326 e. The normalized spacial score (nSPS) is 10.2. The lowest BCUT2D eigenvalue weighted by atomic mass is 10.0. The molecule has 0 spiro atoms. The zero-order chi connectivity index (χ0) is 13.7. The summed E-state index contributed by atoms with van der Waals surface area (Å²) < 4.78 is 13.4. The van der Waals surface area contributed by atoms with E-state index in [2.05, 4.69) is 5.32 Å². The second-order valence-electron chi connectivity index (χ2n) is 4.15. The monoisotopic (exact) mass is 271 g/mol. The fourth-order valence-electron chi connectivity index (χ4n) is 1.67. The van der Waals surface area contributed by atoms with E-state index < -0.39 is 5.24 Å². The van der Waals surface area contributed by atoms with Crippen LogP contribution in [0, 0.1) is 12.7 Å². The van der Waals surface area contributed by atoms with Gasteiger partial charge in [-0.2, -0.15) is 0 Å². The molecule has 0 fully saturated rings. The van der Waals surface area contributed by atoms with E-state index in [-0.39, 0.29) is 18.1 Å². The molecule has 0 saturated heterocycles. The zero-order valence-corrected chi connectivity index (χ0v) is 11.1. The molecule has 0 radical (unpaired) electrons. The highest BCUT2D eigenvalue weighted by Gasteiger charge is 2.09. The molecule has 0 saturated carbocycles. The molecule has 0 atom stereocenters. The van der Waals surface area contributed by atoms with Crippen LogP contribution >= 0.6 is 11.6 Å². The third kappa shape index (κ3) is 4.45.